The van der Waals surface area contributed by atoms with Gasteiger partial charge in [0.2, 0.25) is 0 Å². The van der Waals surface area contributed by atoms with Crippen LogP contribution in [0.1, 0.15) is 19.3 Å². The molecule has 106 valence electrons. The van der Waals surface area contributed by atoms with Gasteiger partial charge in [-0.3, -0.25) is 0 Å². The van der Waals surface area contributed by atoms with E-state index in [1.807, 2.05) is 24.3 Å². The Balaban J connectivity index is 1.76. The number of rotatable bonds is 4. The van der Waals surface area contributed by atoms with E-state index in [4.69, 9.17) is 5.73 Å². The van der Waals surface area contributed by atoms with E-state index in [9.17, 15) is 0 Å². The molecule has 0 saturated heterocycles. The van der Waals surface area contributed by atoms with Crippen molar-refractivity contribution in [3.05, 3.63) is 30.3 Å². The SMILES string of the molecule is CN(C)C1(CNc2ccc3cc(N)ccc3n2)CCC1. The number of nitrogens with one attached hydrogen (secondary N) is 1. The summed E-state index contributed by atoms with van der Waals surface area (Å²) in [6, 6.07) is 9.93. The average molecular weight is 270 g/mol. The van der Waals surface area contributed by atoms with Crippen molar-refractivity contribution in [1.82, 2.24) is 9.88 Å². The van der Waals surface area contributed by atoms with Crippen LogP contribution in [0.25, 0.3) is 10.9 Å². The molecule has 0 bridgehead atoms. The first-order valence-corrected chi connectivity index (χ1v) is 7.17. The molecule has 2 aromatic rings. The van der Waals surface area contributed by atoms with E-state index < -0.39 is 0 Å². The predicted octanol–water partition coefficient (Wildman–Crippen LogP) is 2.71. The second-order valence-corrected chi connectivity index (χ2v) is 5.97. The topological polar surface area (TPSA) is 54.2 Å². The molecule has 0 atom stereocenters. The van der Waals surface area contributed by atoms with Crippen LogP contribution in [0.3, 0.4) is 0 Å². The molecule has 1 aromatic carbocycles. The summed E-state index contributed by atoms with van der Waals surface area (Å²) < 4.78 is 0. The molecule has 0 unspecified atom stereocenters. The summed E-state index contributed by atoms with van der Waals surface area (Å²) in [4.78, 5) is 6.99. The van der Waals surface area contributed by atoms with Gasteiger partial charge in [-0.05, 0) is 63.7 Å². The number of hydrogen-bond acceptors (Lipinski definition) is 4. The van der Waals surface area contributed by atoms with E-state index in [-0.39, 0.29) is 0 Å². The highest BCUT2D eigenvalue weighted by Gasteiger charge is 2.38. The number of aromatic nitrogens is 1. The van der Waals surface area contributed by atoms with E-state index in [1.165, 1.54) is 19.3 Å². The molecule has 3 N–H and O–H groups in total. The van der Waals surface area contributed by atoms with Gasteiger partial charge >= 0.3 is 0 Å². The molecule has 1 fully saturated rings. The van der Waals surface area contributed by atoms with E-state index >= 15 is 0 Å². The quantitative estimate of drug-likeness (QED) is 0.839. The number of benzene rings is 1. The molecular weight excluding hydrogens is 248 g/mol. The number of pyridine rings is 1. The Labute approximate surface area is 120 Å². The van der Waals surface area contributed by atoms with Gasteiger partial charge in [0, 0.05) is 23.2 Å². The minimum absolute atomic E-state index is 0.303. The summed E-state index contributed by atoms with van der Waals surface area (Å²) in [5.41, 5.74) is 7.85. The molecule has 0 spiro atoms. The fraction of sp³-hybridized carbons (Fsp3) is 0.438. The van der Waals surface area contributed by atoms with Crippen molar-refractivity contribution in [3.63, 3.8) is 0 Å². The van der Waals surface area contributed by atoms with Gasteiger partial charge in [-0.2, -0.15) is 0 Å². The molecule has 0 aliphatic heterocycles. The molecule has 0 amide bonds. The first-order chi connectivity index (χ1) is 9.59. The molecule has 20 heavy (non-hydrogen) atoms. The smallest absolute Gasteiger partial charge is 0.126 e. The zero-order chi connectivity index (χ0) is 14.2. The van der Waals surface area contributed by atoms with Gasteiger partial charge in [-0.1, -0.05) is 0 Å². The largest absolute Gasteiger partial charge is 0.399 e. The summed E-state index contributed by atoms with van der Waals surface area (Å²) in [5, 5.41) is 4.58. The Morgan fingerprint density at radius 3 is 2.70 bits per heavy atom. The highest BCUT2D eigenvalue weighted by Crippen LogP contribution is 2.36. The summed E-state index contributed by atoms with van der Waals surface area (Å²) in [6.07, 6.45) is 3.85. The Morgan fingerprint density at radius 1 is 1.25 bits per heavy atom. The maximum Gasteiger partial charge on any atom is 0.126 e. The molecule has 1 heterocycles. The first kappa shape index (κ1) is 13.2. The molecule has 3 rings (SSSR count). The van der Waals surface area contributed by atoms with Crippen molar-refractivity contribution < 1.29 is 0 Å². The number of nitrogen functional groups attached to an aromatic ring is 1. The molecule has 1 aliphatic rings. The number of nitrogens with two attached hydrogens (primary N) is 1. The fourth-order valence-electron chi connectivity index (χ4n) is 2.86. The summed E-state index contributed by atoms with van der Waals surface area (Å²) in [7, 11) is 4.33. The van der Waals surface area contributed by atoms with Gasteiger partial charge in [0.1, 0.15) is 5.82 Å². The van der Waals surface area contributed by atoms with Crippen molar-refractivity contribution >= 4 is 22.4 Å². The lowest BCUT2D eigenvalue weighted by Crippen LogP contribution is -2.54. The number of fused-ring (bicyclic) bond motifs is 1. The first-order valence-electron chi connectivity index (χ1n) is 7.17. The second kappa shape index (κ2) is 4.94. The monoisotopic (exact) mass is 270 g/mol. The lowest BCUT2D eigenvalue weighted by Gasteiger charge is -2.47. The minimum Gasteiger partial charge on any atom is -0.399 e. The van der Waals surface area contributed by atoms with Gasteiger partial charge in [-0.25, -0.2) is 4.98 Å². The van der Waals surface area contributed by atoms with Crippen LogP contribution in [0.15, 0.2) is 30.3 Å². The van der Waals surface area contributed by atoms with Crippen LogP contribution in [0.5, 0.6) is 0 Å². The predicted molar refractivity (Wildman–Crippen MR) is 84.9 cm³/mol. The Morgan fingerprint density at radius 2 is 2.05 bits per heavy atom. The molecular formula is C16H22N4. The van der Waals surface area contributed by atoms with Crippen LogP contribution in [-0.2, 0) is 0 Å². The summed E-state index contributed by atoms with van der Waals surface area (Å²) >= 11 is 0. The number of hydrogen-bond donors (Lipinski definition) is 2. The van der Waals surface area contributed by atoms with Gasteiger partial charge in [0.15, 0.2) is 0 Å². The maximum atomic E-state index is 5.79. The maximum absolute atomic E-state index is 5.79. The molecule has 4 nitrogen and oxygen atoms in total. The van der Waals surface area contributed by atoms with Gasteiger partial charge < -0.3 is 16.0 Å². The highest BCUT2D eigenvalue weighted by molar-refractivity contribution is 5.83. The van der Waals surface area contributed by atoms with Crippen LogP contribution >= 0.6 is 0 Å². The summed E-state index contributed by atoms with van der Waals surface area (Å²) in [5.74, 6) is 0.940. The van der Waals surface area contributed by atoms with Crippen molar-refractivity contribution in [3.8, 4) is 0 Å². The normalized spacial score (nSPS) is 17.1. The van der Waals surface area contributed by atoms with E-state index in [2.05, 4.69) is 35.4 Å². The van der Waals surface area contributed by atoms with Crippen LogP contribution < -0.4 is 11.1 Å². The zero-order valence-corrected chi connectivity index (χ0v) is 12.2. The third-order valence-corrected chi connectivity index (χ3v) is 4.54. The van der Waals surface area contributed by atoms with E-state index in [0.717, 1.165) is 29.0 Å². The lowest BCUT2D eigenvalue weighted by atomic mass is 9.75. The fourth-order valence-corrected chi connectivity index (χ4v) is 2.86. The highest BCUT2D eigenvalue weighted by atomic mass is 15.2. The van der Waals surface area contributed by atoms with Crippen molar-refractivity contribution in [2.75, 3.05) is 31.7 Å². The molecule has 1 aliphatic carbocycles. The van der Waals surface area contributed by atoms with Crippen molar-refractivity contribution in [2.24, 2.45) is 0 Å². The summed E-state index contributed by atoms with van der Waals surface area (Å²) in [6.45, 7) is 0.952. The number of nitrogens with zero attached hydrogens (tertiary/aromatic N) is 2. The van der Waals surface area contributed by atoms with Gasteiger partial charge in [0.25, 0.3) is 0 Å². The Bertz CT molecular complexity index is 617. The third-order valence-electron chi connectivity index (χ3n) is 4.54. The molecule has 1 aromatic heterocycles. The number of anilines is 2. The molecule has 0 radical (unpaired) electrons. The average Bonchev–Trinajstić information content (AvgIpc) is 2.37. The lowest BCUT2D eigenvalue weighted by molar-refractivity contribution is 0.0738. The van der Waals surface area contributed by atoms with Gasteiger partial charge in [-0.15, -0.1) is 0 Å². The van der Waals surface area contributed by atoms with Crippen molar-refractivity contribution in [1.29, 1.82) is 0 Å². The molecule has 4 heteroatoms. The second-order valence-electron chi connectivity index (χ2n) is 5.97. The van der Waals surface area contributed by atoms with Crippen LogP contribution in [0, 0.1) is 0 Å². The Hall–Kier alpha value is -1.81. The number of likely N-dealkylation sites (N-methyl/N-ethyl adjacent to an activating group) is 1. The zero-order valence-electron chi connectivity index (χ0n) is 12.2. The van der Waals surface area contributed by atoms with Crippen LogP contribution in [0.2, 0.25) is 0 Å². The standard InChI is InChI=1S/C16H22N4/c1-20(2)16(8-3-9-16)11-18-15-7-4-12-10-13(17)5-6-14(12)19-15/h4-7,10H,3,8-9,11,17H2,1-2H3,(H,18,19). The van der Waals surface area contributed by atoms with Crippen LogP contribution in [-0.4, -0.2) is 36.1 Å². The third kappa shape index (κ3) is 2.31. The minimum atomic E-state index is 0.303. The molecule has 1 saturated carbocycles. The van der Waals surface area contributed by atoms with E-state index in [0.29, 0.717) is 5.54 Å². The van der Waals surface area contributed by atoms with Gasteiger partial charge in [0.05, 0.1) is 5.52 Å². The van der Waals surface area contributed by atoms with Crippen molar-refractivity contribution in [2.45, 2.75) is 24.8 Å². The van der Waals surface area contributed by atoms with Crippen LogP contribution in [0.4, 0.5) is 11.5 Å². The Kier molecular flexibility index (Phi) is 3.26. The van der Waals surface area contributed by atoms with E-state index in [1.54, 1.807) is 0 Å².